The van der Waals surface area contributed by atoms with E-state index in [2.05, 4.69) is 0 Å². The topological polar surface area (TPSA) is 18.5 Å². The lowest BCUT2D eigenvalue weighted by Crippen LogP contribution is -2.39. The molecule has 0 aromatic heterocycles. The second kappa shape index (κ2) is 7.55. The monoisotopic (exact) mass is 366 g/mol. The summed E-state index contributed by atoms with van der Waals surface area (Å²) in [6, 6.07) is 0. The van der Waals surface area contributed by atoms with Crippen molar-refractivity contribution in [3.8, 4) is 0 Å². The maximum atomic E-state index is 6.16. The van der Waals surface area contributed by atoms with Gasteiger partial charge >= 0.3 is 9.28 Å². The lowest BCUT2D eigenvalue weighted by Gasteiger charge is -2.19. The zero-order valence-electron chi connectivity index (χ0n) is 9.70. The highest BCUT2D eigenvalue weighted by Crippen LogP contribution is 2.39. The standard InChI is InChI=1S/C10H11Cl5O2Si/c1-3-16-18(17-4-2)10-8(14)6(12)5(11)7(13)9(10)15/h18H,3-4H2,1-2H3. The Morgan fingerprint density at radius 1 is 0.722 bits per heavy atom. The summed E-state index contributed by atoms with van der Waals surface area (Å²) in [4.78, 5) is 0. The van der Waals surface area contributed by atoms with Crippen molar-refractivity contribution < 1.29 is 8.85 Å². The van der Waals surface area contributed by atoms with Crippen molar-refractivity contribution in [2.24, 2.45) is 0 Å². The normalized spacial score (nSPS) is 11.3. The summed E-state index contributed by atoms with van der Waals surface area (Å²) < 4.78 is 11.1. The van der Waals surface area contributed by atoms with E-state index in [9.17, 15) is 0 Å². The number of rotatable bonds is 5. The average molecular weight is 369 g/mol. The number of hydrogen-bond acceptors (Lipinski definition) is 2. The highest BCUT2D eigenvalue weighted by molar-refractivity contribution is 6.71. The molecular weight excluding hydrogens is 357 g/mol. The Bertz CT molecular complexity index is 406. The van der Waals surface area contributed by atoms with Gasteiger partial charge in [-0.2, -0.15) is 0 Å². The molecule has 0 N–H and O–H groups in total. The lowest BCUT2D eigenvalue weighted by molar-refractivity contribution is 0.225. The van der Waals surface area contributed by atoms with E-state index in [1.165, 1.54) is 0 Å². The molecule has 0 aliphatic carbocycles. The van der Waals surface area contributed by atoms with E-state index in [1.807, 2.05) is 13.8 Å². The van der Waals surface area contributed by atoms with Gasteiger partial charge in [0, 0.05) is 18.4 Å². The maximum Gasteiger partial charge on any atom is 0.359 e. The molecule has 0 unspecified atom stereocenters. The summed E-state index contributed by atoms with van der Waals surface area (Å²) >= 11 is 30.3. The Morgan fingerprint density at radius 3 is 1.39 bits per heavy atom. The summed E-state index contributed by atoms with van der Waals surface area (Å²) in [6.45, 7) is 4.70. The smallest absolute Gasteiger partial charge is 0.359 e. The van der Waals surface area contributed by atoms with Crippen molar-refractivity contribution in [1.82, 2.24) is 0 Å². The molecule has 0 spiro atoms. The van der Waals surface area contributed by atoms with E-state index in [0.29, 0.717) is 18.4 Å². The highest BCUT2D eigenvalue weighted by Gasteiger charge is 2.28. The molecule has 0 aliphatic rings. The third-order valence-corrected chi connectivity index (χ3v) is 7.11. The Balaban J connectivity index is 3.37. The van der Waals surface area contributed by atoms with Crippen molar-refractivity contribution in [3.63, 3.8) is 0 Å². The first kappa shape index (κ1) is 16.9. The van der Waals surface area contributed by atoms with Crippen LogP contribution in [-0.4, -0.2) is 22.5 Å². The van der Waals surface area contributed by atoms with Crippen molar-refractivity contribution in [3.05, 3.63) is 25.1 Å². The van der Waals surface area contributed by atoms with Crippen LogP contribution in [0.5, 0.6) is 0 Å². The largest absolute Gasteiger partial charge is 0.394 e. The van der Waals surface area contributed by atoms with E-state index in [4.69, 9.17) is 66.9 Å². The van der Waals surface area contributed by atoms with Crippen LogP contribution in [0.3, 0.4) is 0 Å². The molecule has 0 saturated carbocycles. The van der Waals surface area contributed by atoms with Crippen molar-refractivity contribution in [2.45, 2.75) is 13.8 Å². The van der Waals surface area contributed by atoms with Gasteiger partial charge in [-0.1, -0.05) is 58.0 Å². The first-order valence-corrected chi connectivity index (χ1v) is 8.61. The minimum Gasteiger partial charge on any atom is -0.394 e. The Hall–Kier alpha value is 0.807. The van der Waals surface area contributed by atoms with Gasteiger partial charge in [0.1, 0.15) is 0 Å². The predicted molar refractivity (Wildman–Crippen MR) is 81.5 cm³/mol. The molecule has 102 valence electrons. The van der Waals surface area contributed by atoms with Crippen LogP contribution in [0.4, 0.5) is 0 Å². The Kier molecular flexibility index (Phi) is 7.07. The molecule has 2 nitrogen and oxygen atoms in total. The van der Waals surface area contributed by atoms with Crippen LogP contribution in [0.1, 0.15) is 13.8 Å². The van der Waals surface area contributed by atoms with Gasteiger partial charge in [0.2, 0.25) is 0 Å². The van der Waals surface area contributed by atoms with E-state index in [-0.39, 0.29) is 25.1 Å². The van der Waals surface area contributed by atoms with Gasteiger partial charge in [-0.25, -0.2) is 0 Å². The van der Waals surface area contributed by atoms with Crippen LogP contribution in [0.15, 0.2) is 0 Å². The zero-order valence-corrected chi connectivity index (χ0v) is 14.6. The number of benzene rings is 1. The minimum atomic E-state index is -2.24. The molecule has 8 heteroatoms. The van der Waals surface area contributed by atoms with Crippen LogP contribution < -0.4 is 5.19 Å². The maximum absolute atomic E-state index is 6.16. The van der Waals surface area contributed by atoms with E-state index in [1.54, 1.807) is 0 Å². The average Bonchev–Trinajstić information content (AvgIpc) is 2.35. The molecule has 1 aromatic rings. The van der Waals surface area contributed by atoms with Crippen molar-refractivity contribution in [1.29, 1.82) is 0 Å². The van der Waals surface area contributed by atoms with E-state index < -0.39 is 9.28 Å². The third-order valence-electron chi connectivity index (χ3n) is 2.12. The van der Waals surface area contributed by atoms with Gasteiger partial charge in [0.15, 0.2) is 0 Å². The molecule has 0 heterocycles. The van der Waals surface area contributed by atoms with Crippen LogP contribution in [-0.2, 0) is 8.85 Å². The molecule has 18 heavy (non-hydrogen) atoms. The fourth-order valence-electron chi connectivity index (χ4n) is 1.35. The molecule has 0 aliphatic heterocycles. The second-order valence-corrected chi connectivity index (χ2v) is 7.02. The Morgan fingerprint density at radius 2 is 1.06 bits per heavy atom. The SMILES string of the molecule is CCO[SiH](OCC)c1c(Cl)c(Cl)c(Cl)c(Cl)c1Cl. The molecule has 0 atom stereocenters. The molecule has 0 bridgehead atoms. The molecule has 0 radical (unpaired) electrons. The summed E-state index contributed by atoms with van der Waals surface area (Å²) in [6.07, 6.45) is 0. The molecular formula is C10H11Cl5O2Si. The first-order valence-electron chi connectivity index (χ1n) is 5.20. The summed E-state index contributed by atoms with van der Waals surface area (Å²) in [5.41, 5.74) is 0. The number of hydrogen-bond donors (Lipinski definition) is 0. The molecule has 1 rings (SSSR count). The lowest BCUT2D eigenvalue weighted by atomic mass is 10.3. The molecule has 0 saturated heterocycles. The molecule has 0 amide bonds. The number of halogens is 5. The third kappa shape index (κ3) is 3.47. The van der Waals surface area contributed by atoms with Crippen molar-refractivity contribution in [2.75, 3.05) is 13.2 Å². The van der Waals surface area contributed by atoms with Gasteiger partial charge in [-0.15, -0.1) is 0 Å². The minimum absolute atomic E-state index is 0.137. The van der Waals surface area contributed by atoms with Crippen LogP contribution in [0.2, 0.25) is 25.1 Å². The Labute approximate surface area is 133 Å². The predicted octanol–water partition coefficient (Wildman–Crippen LogP) is 4.45. The van der Waals surface area contributed by atoms with Crippen molar-refractivity contribution >= 4 is 72.5 Å². The van der Waals surface area contributed by atoms with Gasteiger partial charge < -0.3 is 8.85 Å². The summed E-state index contributed by atoms with van der Waals surface area (Å²) in [5, 5.41) is 1.49. The molecule has 0 fully saturated rings. The van der Waals surface area contributed by atoms with E-state index >= 15 is 0 Å². The summed E-state index contributed by atoms with van der Waals surface area (Å²) in [7, 11) is -2.24. The van der Waals surface area contributed by atoms with Gasteiger partial charge in [0.05, 0.1) is 25.1 Å². The fraction of sp³-hybridized carbons (Fsp3) is 0.400. The van der Waals surface area contributed by atoms with Gasteiger partial charge in [0.25, 0.3) is 0 Å². The fourth-order valence-corrected chi connectivity index (χ4v) is 4.95. The van der Waals surface area contributed by atoms with E-state index in [0.717, 1.165) is 0 Å². The van der Waals surface area contributed by atoms with Crippen LogP contribution >= 0.6 is 58.0 Å². The van der Waals surface area contributed by atoms with Crippen LogP contribution in [0, 0.1) is 0 Å². The van der Waals surface area contributed by atoms with Gasteiger partial charge in [-0.05, 0) is 13.8 Å². The first-order chi connectivity index (χ1) is 8.45. The zero-order chi connectivity index (χ0) is 13.9. The quantitative estimate of drug-likeness (QED) is 0.434. The van der Waals surface area contributed by atoms with Crippen LogP contribution in [0.25, 0.3) is 0 Å². The second-order valence-electron chi connectivity index (χ2n) is 3.23. The summed E-state index contributed by atoms with van der Waals surface area (Å²) in [5.74, 6) is 0. The molecule has 1 aromatic carbocycles. The van der Waals surface area contributed by atoms with Gasteiger partial charge in [-0.3, -0.25) is 0 Å². The highest BCUT2D eigenvalue weighted by atomic mass is 35.5.